The quantitative estimate of drug-likeness (QED) is 0.835. The Hall–Kier alpha value is -0.520. The van der Waals surface area contributed by atoms with Crippen molar-refractivity contribution in [2.45, 2.75) is 38.8 Å². The van der Waals surface area contributed by atoms with Gasteiger partial charge in [-0.15, -0.1) is 0 Å². The zero-order chi connectivity index (χ0) is 13.9. The highest BCUT2D eigenvalue weighted by Gasteiger charge is 2.18. The maximum atomic E-state index is 13.7. The molecule has 0 aliphatic carbocycles. The molecule has 0 bridgehead atoms. The van der Waals surface area contributed by atoms with Crippen LogP contribution >= 0.6 is 15.9 Å². The van der Waals surface area contributed by atoms with E-state index in [0.29, 0.717) is 0 Å². The monoisotopic (exact) mass is 321 g/mol. The number of aliphatic hydroxyl groups is 1. The molecule has 0 aliphatic heterocycles. The minimum atomic E-state index is -0.831. The van der Waals surface area contributed by atoms with Crippen molar-refractivity contribution < 1.29 is 13.9 Å². The summed E-state index contributed by atoms with van der Waals surface area (Å²) in [5.41, 5.74) is -0.234. The van der Waals surface area contributed by atoms with Gasteiger partial charge in [-0.3, -0.25) is 0 Å². The van der Waals surface area contributed by atoms with Crippen LogP contribution in [0, 0.1) is 11.6 Å². The summed E-state index contributed by atoms with van der Waals surface area (Å²) in [6.45, 7) is 6.16. The van der Waals surface area contributed by atoms with Gasteiger partial charge < -0.3 is 10.4 Å². The third kappa shape index (κ3) is 4.63. The third-order valence-electron chi connectivity index (χ3n) is 2.45. The first kappa shape index (κ1) is 15.5. The Kier molecular flexibility index (Phi) is 5.25. The number of rotatable bonds is 4. The molecule has 1 atom stereocenters. The summed E-state index contributed by atoms with van der Waals surface area (Å²) in [6, 6.07) is 2.50. The Morgan fingerprint density at radius 2 is 1.94 bits per heavy atom. The maximum Gasteiger partial charge on any atom is 0.143 e. The molecule has 2 nitrogen and oxygen atoms in total. The first-order valence-electron chi connectivity index (χ1n) is 5.76. The van der Waals surface area contributed by atoms with E-state index in [4.69, 9.17) is 0 Å². The minimum Gasteiger partial charge on any atom is -0.391 e. The first-order chi connectivity index (χ1) is 8.20. The predicted molar refractivity (Wildman–Crippen MR) is 71.5 cm³/mol. The molecule has 0 amide bonds. The van der Waals surface area contributed by atoms with Crippen LogP contribution in [-0.4, -0.2) is 23.3 Å². The van der Waals surface area contributed by atoms with E-state index in [1.165, 1.54) is 12.1 Å². The van der Waals surface area contributed by atoms with Crippen molar-refractivity contribution in [1.29, 1.82) is 0 Å². The molecule has 0 spiro atoms. The van der Waals surface area contributed by atoms with Crippen molar-refractivity contribution in [3.8, 4) is 0 Å². The van der Waals surface area contributed by atoms with E-state index < -0.39 is 17.7 Å². The molecular formula is C13H18BrF2NO. The van der Waals surface area contributed by atoms with Gasteiger partial charge in [0.25, 0.3) is 0 Å². The fraction of sp³-hybridized carbons (Fsp3) is 0.538. The average molecular weight is 322 g/mol. The van der Waals surface area contributed by atoms with Crippen LogP contribution in [-0.2, 0) is 6.42 Å². The van der Waals surface area contributed by atoms with E-state index in [1.54, 1.807) is 0 Å². The van der Waals surface area contributed by atoms with E-state index in [-0.39, 0.29) is 28.5 Å². The fourth-order valence-corrected chi connectivity index (χ4v) is 1.86. The molecule has 1 aromatic rings. The average Bonchev–Trinajstić information content (AvgIpc) is 2.26. The molecule has 1 unspecified atom stereocenters. The summed E-state index contributed by atoms with van der Waals surface area (Å²) in [5.74, 6) is -1.28. The van der Waals surface area contributed by atoms with Gasteiger partial charge in [0.05, 0.1) is 10.6 Å². The summed E-state index contributed by atoms with van der Waals surface area (Å²) in [6.07, 6.45) is -0.886. The van der Waals surface area contributed by atoms with Crippen LogP contribution in [0.1, 0.15) is 26.3 Å². The standard InChI is InChI=1S/C13H18BrF2NO/c1-13(2,3)17-7-8(18)6-9-11(15)5-4-10(14)12(9)16/h4-5,8,17-18H,6-7H2,1-3H3. The van der Waals surface area contributed by atoms with Crippen molar-refractivity contribution in [1.82, 2.24) is 5.32 Å². The molecule has 18 heavy (non-hydrogen) atoms. The Balaban J connectivity index is 2.70. The maximum absolute atomic E-state index is 13.7. The van der Waals surface area contributed by atoms with Gasteiger partial charge in [-0.05, 0) is 48.8 Å². The zero-order valence-electron chi connectivity index (χ0n) is 10.7. The second-order valence-corrected chi connectivity index (χ2v) is 6.16. The topological polar surface area (TPSA) is 32.3 Å². The molecule has 0 aromatic heterocycles. The van der Waals surface area contributed by atoms with Gasteiger partial charge in [0.15, 0.2) is 0 Å². The zero-order valence-corrected chi connectivity index (χ0v) is 12.3. The smallest absolute Gasteiger partial charge is 0.143 e. The Labute approximate surface area is 115 Å². The van der Waals surface area contributed by atoms with E-state index in [9.17, 15) is 13.9 Å². The van der Waals surface area contributed by atoms with Gasteiger partial charge >= 0.3 is 0 Å². The number of benzene rings is 1. The predicted octanol–water partition coefficient (Wildman–Crippen LogP) is 3.02. The molecule has 0 saturated heterocycles. The van der Waals surface area contributed by atoms with E-state index in [1.807, 2.05) is 20.8 Å². The number of halogens is 3. The summed E-state index contributed by atoms with van der Waals surface area (Å²) < 4.78 is 27.4. The minimum absolute atomic E-state index is 0.0554. The molecule has 0 aliphatic rings. The Morgan fingerprint density at radius 1 is 1.33 bits per heavy atom. The molecule has 0 heterocycles. The second kappa shape index (κ2) is 6.08. The van der Waals surface area contributed by atoms with Gasteiger partial charge in [0.1, 0.15) is 11.6 Å². The van der Waals surface area contributed by atoms with Crippen LogP contribution in [0.25, 0.3) is 0 Å². The number of aliphatic hydroxyl groups excluding tert-OH is 1. The van der Waals surface area contributed by atoms with Gasteiger partial charge in [-0.25, -0.2) is 8.78 Å². The molecule has 1 aromatic carbocycles. The van der Waals surface area contributed by atoms with Crippen molar-refractivity contribution in [3.63, 3.8) is 0 Å². The Morgan fingerprint density at radius 3 is 2.50 bits per heavy atom. The normalized spacial score (nSPS) is 13.7. The number of β-amino-alcohol motifs (C(OH)–C–C–N with tert-alkyl or cyclic N) is 1. The fourth-order valence-electron chi connectivity index (χ4n) is 1.49. The summed E-state index contributed by atoms with van der Waals surface area (Å²) in [7, 11) is 0. The van der Waals surface area contributed by atoms with Gasteiger partial charge in [0, 0.05) is 24.1 Å². The van der Waals surface area contributed by atoms with Gasteiger partial charge in [-0.1, -0.05) is 0 Å². The lowest BCUT2D eigenvalue weighted by Gasteiger charge is -2.23. The van der Waals surface area contributed by atoms with Crippen LogP contribution < -0.4 is 5.32 Å². The van der Waals surface area contributed by atoms with Crippen LogP contribution in [0.2, 0.25) is 0 Å². The first-order valence-corrected chi connectivity index (χ1v) is 6.55. The number of hydrogen-bond donors (Lipinski definition) is 2. The van der Waals surface area contributed by atoms with E-state index in [2.05, 4.69) is 21.2 Å². The lowest BCUT2D eigenvalue weighted by Crippen LogP contribution is -2.41. The highest BCUT2D eigenvalue weighted by molar-refractivity contribution is 9.10. The molecule has 0 fully saturated rings. The summed E-state index contributed by atoms with van der Waals surface area (Å²) in [5, 5.41) is 12.9. The molecule has 5 heteroatoms. The number of nitrogens with one attached hydrogen (secondary N) is 1. The van der Waals surface area contributed by atoms with E-state index >= 15 is 0 Å². The molecular weight excluding hydrogens is 304 g/mol. The largest absolute Gasteiger partial charge is 0.391 e. The van der Waals surface area contributed by atoms with Crippen LogP contribution in [0.4, 0.5) is 8.78 Å². The van der Waals surface area contributed by atoms with Gasteiger partial charge in [-0.2, -0.15) is 0 Å². The molecule has 2 N–H and O–H groups in total. The lowest BCUT2D eigenvalue weighted by atomic mass is 10.0. The SMILES string of the molecule is CC(C)(C)NCC(O)Cc1c(F)ccc(Br)c1F. The third-order valence-corrected chi connectivity index (χ3v) is 3.06. The van der Waals surface area contributed by atoms with Crippen LogP contribution in [0.5, 0.6) is 0 Å². The highest BCUT2D eigenvalue weighted by Crippen LogP contribution is 2.22. The molecule has 0 saturated carbocycles. The number of hydrogen-bond acceptors (Lipinski definition) is 2. The Bertz CT molecular complexity index is 418. The van der Waals surface area contributed by atoms with Crippen molar-refractivity contribution in [2.24, 2.45) is 0 Å². The summed E-state index contributed by atoms with van der Waals surface area (Å²) in [4.78, 5) is 0. The van der Waals surface area contributed by atoms with Crippen LogP contribution in [0.15, 0.2) is 16.6 Å². The molecule has 0 radical (unpaired) electrons. The lowest BCUT2D eigenvalue weighted by molar-refractivity contribution is 0.158. The van der Waals surface area contributed by atoms with Crippen molar-refractivity contribution in [3.05, 3.63) is 33.8 Å². The highest BCUT2D eigenvalue weighted by atomic mass is 79.9. The second-order valence-electron chi connectivity index (χ2n) is 5.31. The summed E-state index contributed by atoms with van der Waals surface area (Å²) >= 11 is 3.00. The van der Waals surface area contributed by atoms with Crippen LogP contribution in [0.3, 0.4) is 0 Å². The van der Waals surface area contributed by atoms with Crippen molar-refractivity contribution in [2.75, 3.05) is 6.54 Å². The van der Waals surface area contributed by atoms with Gasteiger partial charge in [0.2, 0.25) is 0 Å². The van der Waals surface area contributed by atoms with Crippen molar-refractivity contribution >= 4 is 15.9 Å². The van der Waals surface area contributed by atoms with E-state index in [0.717, 1.165) is 0 Å². The molecule has 102 valence electrons. The molecule has 1 rings (SSSR count).